The second-order valence-corrected chi connectivity index (χ2v) is 4.35. The molecular formula is C7H11IO2. The molecule has 0 aromatic rings. The minimum absolute atomic E-state index is 0.0747. The highest BCUT2D eigenvalue weighted by molar-refractivity contribution is 14.1. The van der Waals surface area contributed by atoms with Crippen molar-refractivity contribution in [1.29, 1.82) is 0 Å². The topological polar surface area (TPSA) is 37.3 Å². The molecule has 0 spiro atoms. The van der Waals surface area contributed by atoms with Crippen molar-refractivity contribution in [2.75, 3.05) is 0 Å². The van der Waals surface area contributed by atoms with Gasteiger partial charge in [0.25, 0.3) is 0 Å². The molecule has 0 aliphatic heterocycles. The Balaban J connectivity index is 2.47. The first-order chi connectivity index (χ1) is 4.72. The van der Waals surface area contributed by atoms with Crippen molar-refractivity contribution in [3.05, 3.63) is 0 Å². The summed E-state index contributed by atoms with van der Waals surface area (Å²) >= 11 is 2.25. The molecule has 0 radical (unpaired) electrons. The van der Waals surface area contributed by atoms with Crippen molar-refractivity contribution >= 4 is 28.6 Å². The van der Waals surface area contributed by atoms with Crippen LogP contribution in [-0.2, 0) is 4.79 Å². The zero-order chi connectivity index (χ0) is 7.56. The van der Waals surface area contributed by atoms with Crippen LogP contribution in [0.25, 0.3) is 0 Å². The summed E-state index contributed by atoms with van der Waals surface area (Å²) in [5, 5.41) is 8.70. The van der Waals surface area contributed by atoms with E-state index in [1.165, 1.54) is 6.42 Å². The van der Waals surface area contributed by atoms with Gasteiger partial charge in [0.1, 0.15) is 0 Å². The molecule has 0 bridgehead atoms. The molecule has 1 N–H and O–H groups in total. The van der Waals surface area contributed by atoms with E-state index >= 15 is 0 Å². The molecule has 1 aliphatic carbocycles. The van der Waals surface area contributed by atoms with E-state index in [0.717, 1.165) is 19.3 Å². The average Bonchev–Trinajstić information content (AvgIpc) is 1.88. The Kier molecular flexibility index (Phi) is 2.95. The lowest BCUT2D eigenvalue weighted by molar-refractivity contribution is -0.142. The Hall–Kier alpha value is 0.200. The average molecular weight is 254 g/mol. The van der Waals surface area contributed by atoms with Gasteiger partial charge in [0.15, 0.2) is 0 Å². The van der Waals surface area contributed by atoms with E-state index in [4.69, 9.17) is 5.11 Å². The lowest BCUT2D eigenvalue weighted by atomic mass is 9.89. The predicted molar refractivity (Wildman–Crippen MR) is 47.4 cm³/mol. The van der Waals surface area contributed by atoms with Gasteiger partial charge in [-0.05, 0) is 12.8 Å². The highest BCUT2D eigenvalue weighted by atomic mass is 127. The number of carboxylic acids is 1. The van der Waals surface area contributed by atoms with Gasteiger partial charge in [-0.3, -0.25) is 4.79 Å². The van der Waals surface area contributed by atoms with Crippen molar-refractivity contribution in [2.24, 2.45) is 5.92 Å². The molecule has 0 amide bonds. The molecule has 1 aliphatic rings. The van der Waals surface area contributed by atoms with E-state index in [9.17, 15) is 4.79 Å². The van der Waals surface area contributed by atoms with Crippen LogP contribution in [0.1, 0.15) is 25.7 Å². The molecule has 10 heavy (non-hydrogen) atoms. The molecule has 0 aromatic carbocycles. The van der Waals surface area contributed by atoms with Crippen LogP contribution in [0.4, 0.5) is 0 Å². The van der Waals surface area contributed by atoms with E-state index in [-0.39, 0.29) is 5.92 Å². The standard InChI is InChI=1S/C7H11IO2/c8-6-4-2-1-3-5(6)7(9)10/h5-6H,1-4H2,(H,9,10). The fraction of sp³-hybridized carbons (Fsp3) is 0.857. The Labute approximate surface area is 74.1 Å². The Morgan fingerprint density at radius 2 is 2.00 bits per heavy atom. The van der Waals surface area contributed by atoms with Gasteiger partial charge in [-0.1, -0.05) is 35.4 Å². The van der Waals surface area contributed by atoms with Gasteiger partial charge in [0.05, 0.1) is 5.92 Å². The Bertz CT molecular complexity index is 136. The molecule has 2 unspecified atom stereocenters. The SMILES string of the molecule is O=C(O)C1CCCCC1I. The van der Waals surface area contributed by atoms with Gasteiger partial charge >= 0.3 is 5.97 Å². The van der Waals surface area contributed by atoms with Crippen LogP contribution in [0, 0.1) is 5.92 Å². The quantitative estimate of drug-likeness (QED) is 0.574. The van der Waals surface area contributed by atoms with Gasteiger partial charge in [0.2, 0.25) is 0 Å². The largest absolute Gasteiger partial charge is 0.481 e. The summed E-state index contributed by atoms with van der Waals surface area (Å²) in [6.07, 6.45) is 4.26. The third kappa shape index (κ3) is 1.84. The number of carbonyl (C=O) groups is 1. The molecule has 1 rings (SSSR count). The second-order valence-electron chi connectivity index (χ2n) is 2.75. The van der Waals surface area contributed by atoms with Gasteiger partial charge < -0.3 is 5.11 Å². The summed E-state index contributed by atoms with van der Waals surface area (Å²) in [6.45, 7) is 0. The molecule has 58 valence electrons. The summed E-state index contributed by atoms with van der Waals surface area (Å²) in [7, 11) is 0. The van der Waals surface area contributed by atoms with Gasteiger partial charge in [-0.25, -0.2) is 0 Å². The van der Waals surface area contributed by atoms with Gasteiger partial charge in [-0.2, -0.15) is 0 Å². The maximum atomic E-state index is 10.6. The van der Waals surface area contributed by atoms with Crippen LogP contribution in [-0.4, -0.2) is 15.0 Å². The number of alkyl halides is 1. The minimum Gasteiger partial charge on any atom is -0.481 e. The van der Waals surface area contributed by atoms with Crippen LogP contribution in [0.2, 0.25) is 0 Å². The van der Waals surface area contributed by atoms with Crippen molar-refractivity contribution in [2.45, 2.75) is 29.6 Å². The molecule has 0 aromatic heterocycles. The van der Waals surface area contributed by atoms with Crippen LogP contribution < -0.4 is 0 Å². The van der Waals surface area contributed by atoms with Crippen molar-refractivity contribution in [3.8, 4) is 0 Å². The molecule has 0 saturated heterocycles. The fourth-order valence-corrected chi connectivity index (χ4v) is 2.47. The maximum Gasteiger partial charge on any atom is 0.307 e. The molecule has 2 atom stereocenters. The first-order valence-corrected chi connectivity index (χ1v) is 4.83. The van der Waals surface area contributed by atoms with Crippen molar-refractivity contribution in [1.82, 2.24) is 0 Å². The first kappa shape index (κ1) is 8.30. The van der Waals surface area contributed by atoms with Crippen molar-refractivity contribution in [3.63, 3.8) is 0 Å². The lowest BCUT2D eigenvalue weighted by Crippen LogP contribution is -2.26. The zero-order valence-electron chi connectivity index (χ0n) is 5.72. The van der Waals surface area contributed by atoms with E-state index < -0.39 is 5.97 Å². The second kappa shape index (κ2) is 3.55. The summed E-state index contributed by atoms with van der Waals surface area (Å²) in [4.78, 5) is 10.6. The number of hydrogen-bond acceptors (Lipinski definition) is 1. The lowest BCUT2D eigenvalue weighted by Gasteiger charge is -2.23. The summed E-state index contributed by atoms with van der Waals surface area (Å²) in [5.74, 6) is -0.687. The monoisotopic (exact) mass is 254 g/mol. The van der Waals surface area contributed by atoms with E-state index in [0.29, 0.717) is 3.92 Å². The van der Waals surface area contributed by atoms with E-state index in [1.807, 2.05) is 0 Å². The predicted octanol–water partition coefficient (Wildman–Crippen LogP) is 2.06. The summed E-state index contributed by atoms with van der Waals surface area (Å²) in [5.41, 5.74) is 0. The molecule has 1 saturated carbocycles. The first-order valence-electron chi connectivity index (χ1n) is 3.58. The number of rotatable bonds is 1. The van der Waals surface area contributed by atoms with E-state index in [2.05, 4.69) is 22.6 Å². The summed E-state index contributed by atoms with van der Waals surface area (Å²) in [6, 6.07) is 0. The highest BCUT2D eigenvalue weighted by Crippen LogP contribution is 2.30. The number of aliphatic carboxylic acids is 1. The normalized spacial score (nSPS) is 33.7. The smallest absolute Gasteiger partial charge is 0.307 e. The highest BCUT2D eigenvalue weighted by Gasteiger charge is 2.28. The minimum atomic E-state index is -0.612. The van der Waals surface area contributed by atoms with Crippen LogP contribution >= 0.6 is 22.6 Å². The number of carboxylic acid groups (broad SMARTS) is 1. The van der Waals surface area contributed by atoms with E-state index in [1.54, 1.807) is 0 Å². The van der Waals surface area contributed by atoms with Crippen LogP contribution in [0.3, 0.4) is 0 Å². The molecule has 0 heterocycles. The molecule has 3 heteroatoms. The van der Waals surface area contributed by atoms with Gasteiger partial charge in [-0.15, -0.1) is 0 Å². The van der Waals surface area contributed by atoms with Crippen LogP contribution in [0.5, 0.6) is 0 Å². The third-order valence-electron chi connectivity index (χ3n) is 2.00. The van der Waals surface area contributed by atoms with Crippen LogP contribution in [0.15, 0.2) is 0 Å². The molecule has 1 fully saturated rings. The third-order valence-corrected chi connectivity index (χ3v) is 3.49. The maximum absolute atomic E-state index is 10.6. The van der Waals surface area contributed by atoms with Crippen molar-refractivity contribution < 1.29 is 9.90 Å². The Morgan fingerprint density at radius 3 is 2.40 bits per heavy atom. The molecular weight excluding hydrogens is 243 g/mol. The fourth-order valence-electron chi connectivity index (χ4n) is 1.36. The molecule has 2 nitrogen and oxygen atoms in total. The summed E-state index contributed by atoms with van der Waals surface area (Å²) < 4.78 is 0.365. The van der Waals surface area contributed by atoms with Gasteiger partial charge in [0, 0.05) is 3.92 Å². The number of hydrogen-bond donors (Lipinski definition) is 1. The Morgan fingerprint density at radius 1 is 1.40 bits per heavy atom. The zero-order valence-corrected chi connectivity index (χ0v) is 7.87. The number of halogens is 1.